The van der Waals surface area contributed by atoms with Gasteiger partial charge in [-0.3, -0.25) is 19.3 Å². The molecule has 2 fully saturated rings. The van der Waals surface area contributed by atoms with E-state index < -0.39 is 11.5 Å². The number of Topliss-reactive ketones (excluding diaryl/α,β-unsaturated/α-hetero) is 1. The molecule has 1 aromatic heterocycles. The summed E-state index contributed by atoms with van der Waals surface area (Å²) < 4.78 is 7.21. The number of nitrogens with one attached hydrogen (secondary N) is 1. The standard InChI is InChI=1S/C22H31N3O5/c1-14(2)25-15(3)12-17(16(25)4)18(26)13-30-19(27)8-7-11-24-20(28)22(23-21(24)29)9-5-6-10-22/h12,14H,5-11,13H2,1-4H3,(H,23,29). The molecule has 1 N–H and O–H groups in total. The van der Waals surface area contributed by atoms with Gasteiger partial charge in [0.05, 0.1) is 0 Å². The molecule has 30 heavy (non-hydrogen) atoms. The summed E-state index contributed by atoms with van der Waals surface area (Å²) in [6.07, 6.45) is 3.57. The zero-order valence-electron chi connectivity index (χ0n) is 18.2. The van der Waals surface area contributed by atoms with E-state index in [4.69, 9.17) is 4.74 Å². The van der Waals surface area contributed by atoms with Crippen LogP contribution in [0.1, 0.15) is 80.2 Å². The van der Waals surface area contributed by atoms with E-state index in [1.165, 1.54) is 4.90 Å². The van der Waals surface area contributed by atoms with E-state index in [1.807, 2.05) is 33.8 Å². The Balaban J connectivity index is 1.46. The minimum Gasteiger partial charge on any atom is -0.457 e. The van der Waals surface area contributed by atoms with Gasteiger partial charge in [-0.25, -0.2) is 4.79 Å². The summed E-state index contributed by atoms with van der Waals surface area (Å²) in [5.41, 5.74) is 1.69. The Morgan fingerprint density at radius 3 is 2.47 bits per heavy atom. The minimum absolute atomic E-state index is 0.0440. The summed E-state index contributed by atoms with van der Waals surface area (Å²) in [5, 5.41) is 2.82. The Kier molecular flexibility index (Phi) is 6.33. The molecule has 0 unspecified atom stereocenters. The number of ketones is 1. The first-order valence-corrected chi connectivity index (χ1v) is 10.7. The van der Waals surface area contributed by atoms with Crippen molar-refractivity contribution in [2.24, 2.45) is 0 Å². The van der Waals surface area contributed by atoms with E-state index in [0.717, 1.165) is 24.2 Å². The zero-order chi connectivity index (χ0) is 22.1. The summed E-state index contributed by atoms with van der Waals surface area (Å²) in [6.45, 7) is 7.79. The summed E-state index contributed by atoms with van der Waals surface area (Å²) >= 11 is 0. The molecule has 3 amide bonds. The number of esters is 1. The molecule has 0 bridgehead atoms. The van der Waals surface area contributed by atoms with E-state index in [-0.39, 0.29) is 43.3 Å². The number of rotatable bonds is 8. The fraction of sp³-hybridized carbons (Fsp3) is 0.636. The van der Waals surface area contributed by atoms with Crippen molar-refractivity contribution in [3.8, 4) is 0 Å². The van der Waals surface area contributed by atoms with Crippen molar-refractivity contribution in [3.63, 3.8) is 0 Å². The molecule has 1 aliphatic carbocycles. The molecule has 1 saturated carbocycles. The Labute approximate surface area is 176 Å². The number of carbonyl (C=O) groups excluding carboxylic acids is 4. The van der Waals surface area contributed by atoms with Crippen LogP contribution in [0.2, 0.25) is 0 Å². The first kappa shape index (κ1) is 22.1. The fourth-order valence-electron chi connectivity index (χ4n) is 4.73. The Morgan fingerprint density at radius 1 is 1.20 bits per heavy atom. The minimum atomic E-state index is -0.730. The predicted octanol–water partition coefficient (Wildman–Crippen LogP) is 3.06. The van der Waals surface area contributed by atoms with E-state index in [2.05, 4.69) is 9.88 Å². The van der Waals surface area contributed by atoms with Gasteiger partial charge in [0.25, 0.3) is 5.91 Å². The van der Waals surface area contributed by atoms with Crippen LogP contribution in [0.3, 0.4) is 0 Å². The highest BCUT2D eigenvalue weighted by molar-refractivity contribution is 6.07. The van der Waals surface area contributed by atoms with Crippen molar-refractivity contribution in [2.75, 3.05) is 13.2 Å². The Hall–Kier alpha value is -2.64. The Bertz CT molecular complexity index is 864. The van der Waals surface area contributed by atoms with Gasteiger partial charge in [-0.05, 0) is 53.0 Å². The number of ether oxygens (including phenoxy) is 1. The summed E-state index contributed by atoms with van der Waals surface area (Å²) in [5.74, 6) is -0.932. The van der Waals surface area contributed by atoms with Crippen LogP contribution in [0.25, 0.3) is 0 Å². The van der Waals surface area contributed by atoms with Crippen molar-refractivity contribution in [2.45, 2.75) is 77.8 Å². The third kappa shape index (κ3) is 4.13. The summed E-state index contributed by atoms with van der Waals surface area (Å²) in [6, 6.07) is 1.68. The third-order valence-electron chi connectivity index (χ3n) is 6.13. The van der Waals surface area contributed by atoms with Crippen LogP contribution in [-0.2, 0) is 14.3 Å². The summed E-state index contributed by atoms with van der Waals surface area (Å²) in [7, 11) is 0. The number of nitrogens with zero attached hydrogens (tertiary/aromatic N) is 2. The van der Waals surface area contributed by atoms with Gasteiger partial charge in [0.1, 0.15) is 5.54 Å². The van der Waals surface area contributed by atoms with Crippen molar-refractivity contribution >= 4 is 23.7 Å². The number of aromatic nitrogens is 1. The maximum absolute atomic E-state index is 12.6. The Morgan fingerprint density at radius 2 is 1.87 bits per heavy atom. The third-order valence-corrected chi connectivity index (χ3v) is 6.13. The first-order valence-electron chi connectivity index (χ1n) is 10.7. The second-order valence-electron chi connectivity index (χ2n) is 8.61. The number of hydrogen-bond donors (Lipinski definition) is 1. The number of hydrogen-bond acceptors (Lipinski definition) is 5. The maximum Gasteiger partial charge on any atom is 0.325 e. The lowest BCUT2D eigenvalue weighted by molar-refractivity contribution is -0.143. The van der Waals surface area contributed by atoms with Gasteiger partial charge in [0.2, 0.25) is 5.78 Å². The molecule has 1 aliphatic heterocycles. The molecule has 0 radical (unpaired) electrons. The van der Waals surface area contributed by atoms with Crippen molar-refractivity contribution in [1.82, 2.24) is 14.8 Å². The lowest BCUT2D eigenvalue weighted by Crippen LogP contribution is -2.44. The molecular formula is C22H31N3O5. The molecule has 3 rings (SSSR count). The zero-order valence-corrected chi connectivity index (χ0v) is 18.2. The predicted molar refractivity (Wildman–Crippen MR) is 110 cm³/mol. The summed E-state index contributed by atoms with van der Waals surface area (Å²) in [4.78, 5) is 50.4. The van der Waals surface area contributed by atoms with Crippen molar-refractivity contribution < 1.29 is 23.9 Å². The van der Waals surface area contributed by atoms with E-state index >= 15 is 0 Å². The lowest BCUT2D eigenvalue weighted by Gasteiger charge is -2.19. The molecule has 1 spiro atoms. The number of amides is 3. The van der Waals surface area contributed by atoms with Crippen LogP contribution < -0.4 is 5.32 Å². The second-order valence-corrected chi connectivity index (χ2v) is 8.61. The molecule has 0 aromatic carbocycles. The van der Waals surface area contributed by atoms with Crippen LogP contribution >= 0.6 is 0 Å². The highest BCUT2D eigenvalue weighted by Gasteiger charge is 2.52. The quantitative estimate of drug-likeness (QED) is 0.398. The lowest BCUT2D eigenvalue weighted by atomic mass is 9.98. The average molecular weight is 418 g/mol. The van der Waals surface area contributed by atoms with Crippen LogP contribution in [0.4, 0.5) is 4.79 Å². The molecule has 2 aliphatic rings. The molecule has 164 valence electrons. The van der Waals surface area contributed by atoms with Gasteiger partial charge >= 0.3 is 12.0 Å². The van der Waals surface area contributed by atoms with Gasteiger partial charge in [-0.1, -0.05) is 12.8 Å². The monoisotopic (exact) mass is 417 g/mol. The van der Waals surface area contributed by atoms with Crippen molar-refractivity contribution in [3.05, 3.63) is 23.0 Å². The first-order chi connectivity index (χ1) is 14.2. The maximum atomic E-state index is 12.6. The van der Waals surface area contributed by atoms with Crippen molar-refractivity contribution in [1.29, 1.82) is 0 Å². The fourth-order valence-corrected chi connectivity index (χ4v) is 4.73. The highest BCUT2D eigenvalue weighted by atomic mass is 16.5. The number of urea groups is 1. The SMILES string of the molecule is Cc1cc(C(=O)COC(=O)CCCN2C(=O)NC3(CCCC3)C2=O)c(C)n1C(C)C. The van der Waals surface area contributed by atoms with Crippen LogP contribution in [0.5, 0.6) is 0 Å². The number of aryl methyl sites for hydroxylation is 1. The molecule has 1 aromatic rings. The highest BCUT2D eigenvalue weighted by Crippen LogP contribution is 2.35. The topological polar surface area (TPSA) is 97.7 Å². The van der Waals surface area contributed by atoms with E-state index in [9.17, 15) is 19.2 Å². The molecule has 1 saturated heterocycles. The van der Waals surface area contributed by atoms with Gasteiger partial charge < -0.3 is 14.6 Å². The van der Waals surface area contributed by atoms with Gasteiger partial charge in [-0.2, -0.15) is 0 Å². The van der Waals surface area contributed by atoms with Gasteiger partial charge in [0.15, 0.2) is 6.61 Å². The van der Waals surface area contributed by atoms with Gasteiger partial charge in [0, 0.05) is 36.0 Å². The number of imide groups is 1. The smallest absolute Gasteiger partial charge is 0.325 e. The number of carbonyl (C=O) groups is 4. The van der Waals surface area contributed by atoms with Gasteiger partial charge in [-0.15, -0.1) is 0 Å². The normalized spacial score (nSPS) is 17.8. The van der Waals surface area contributed by atoms with E-state index in [0.29, 0.717) is 24.8 Å². The molecule has 8 nitrogen and oxygen atoms in total. The average Bonchev–Trinajstić information content (AvgIpc) is 3.33. The van der Waals surface area contributed by atoms with Crippen LogP contribution in [0, 0.1) is 13.8 Å². The molecule has 8 heteroatoms. The second kappa shape index (κ2) is 8.62. The molecule has 2 heterocycles. The molecular weight excluding hydrogens is 386 g/mol. The largest absolute Gasteiger partial charge is 0.457 e. The van der Waals surface area contributed by atoms with Crippen LogP contribution in [0.15, 0.2) is 6.07 Å². The van der Waals surface area contributed by atoms with Crippen LogP contribution in [-0.4, -0.2) is 51.8 Å². The molecule has 0 atom stereocenters. The van der Waals surface area contributed by atoms with E-state index in [1.54, 1.807) is 0 Å².